The van der Waals surface area contributed by atoms with Crippen molar-refractivity contribution >= 4 is 5.78 Å². The topological polar surface area (TPSA) is 44.1 Å². The number of halogens is 2. The first-order valence-corrected chi connectivity index (χ1v) is 6.08. The second-order valence-corrected chi connectivity index (χ2v) is 4.41. The molecule has 0 aliphatic rings. The monoisotopic (exact) mass is 266 g/mol. The van der Waals surface area contributed by atoms with Gasteiger partial charge in [0.15, 0.2) is 5.78 Å². The number of ketones is 1. The summed E-state index contributed by atoms with van der Waals surface area (Å²) < 4.78 is 26.5. The maximum atomic E-state index is 13.4. The van der Waals surface area contributed by atoms with Gasteiger partial charge in [0.1, 0.15) is 11.6 Å². The van der Waals surface area contributed by atoms with Crippen molar-refractivity contribution < 1.29 is 13.6 Å². The van der Waals surface area contributed by atoms with Crippen LogP contribution < -0.4 is 0 Å². The van der Waals surface area contributed by atoms with Crippen LogP contribution in [0, 0.1) is 28.9 Å². The molecule has 0 aromatic heterocycles. The number of nitrogens with zero attached hydrogens (tertiary/aromatic N) is 2. The number of hydrogen-bond donors (Lipinski definition) is 0. The van der Waals surface area contributed by atoms with Crippen molar-refractivity contribution in [1.29, 1.82) is 5.26 Å². The van der Waals surface area contributed by atoms with Crippen LogP contribution in [-0.2, 0) is 0 Å². The Morgan fingerprint density at radius 2 is 2.16 bits per heavy atom. The van der Waals surface area contributed by atoms with E-state index < -0.39 is 17.4 Å². The van der Waals surface area contributed by atoms with Crippen molar-refractivity contribution in [3.05, 3.63) is 35.4 Å². The predicted molar refractivity (Wildman–Crippen MR) is 67.6 cm³/mol. The first kappa shape index (κ1) is 15.3. The highest BCUT2D eigenvalue weighted by Crippen LogP contribution is 2.11. The molecule has 0 radical (unpaired) electrons. The van der Waals surface area contributed by atoms with Gasteiger partial charge in [0, 0.05) is 6.54 Å². The van der Waals surface area contributed by atoms with Crippen molar-refractivity contribution in [2.45, 2.75) is 13.8 Å². The summed E-state index contributed by atoms with van der Waals surface area (Å²) in [6.45, 7) is 4.56. The lowest BCUT2D eigenvalue weighted by molar-refractivity contribution is 0.0924. The van der Waals surface area contributed by atoms with Gasteiger partial charge in [-0.2, -0.15) is 5.26 Å². The van der Waals surface area contributed by atoms with Crippen LogP contribution in [0.15, 0.2) is 18.2 Å². The first-order chi connectivity index (χ1) is 8.97. The van der Waals surface area contributed by atoms with Crippen LogP contribution in [0.25, 0.3) is 0 Å². The van der Waals surface area contributed by atoms with E-state index in [1.807, 2.05) is 6.92 Å². The number of carbonyl (C=O) groups is 1. The third-order valence-corrected chi connectivity index (χ3v) is 2.80. The quantitative estimate of drug-likeness (QED) is 0.743. The molecule has 0 aliphatic carbocycles. The molecule has 3 nitrogen and oxygen atoms in total. The van der Waals surface area contributed by atoms with Crippen LogP contribution in [0.1, 0.15) is 24.2 Å². The molecule has 1 aromatic rings. The molecule has 5 heteroatoms. The molecule has 1 aromatic carbocycles. The van der Waals surface area contributed by atoms with Crippen molar-refractivity contribution in [2.24, 2.45) is 5.92 Å². The Balaban J connectivity index is 2.77. The number of benzene rings is 1. The summed E-state index contributed by atoms with van der Waals surface area (Å²) in [5.74, 6) is -2.07. The maximum Gasteiger partial charge on any atom is 0.179 e. The average molecular weight is 266 g/mol. The third kappa shape index (κ3) is 4.42. The zero-order chi connectivity index (χ0) is 14.4. The number of rotatable bonds is 6. The highest BCUT2D eigenvalue weighted by atomic mass is 19.1. The number of nitriles is 1. The molecular formula is C14H16F2N2O. The minimum absolute atomic E-state index is 0.0249. The Labute approximate surface area is 111 Å². The molecule has 0 saturated heterocycles. The van der Waals surface area contributed by atoms with E-state index in [9.17, 15) is 13.6 Å². The lowest BCUT2D eigenvalue weighted by Gasteiger charge is -2.20. The van der Waals surface area contributed by atoms with E-state index in [-0.39, 0.29) is 18.0 Å². The van der Waals surface area contributed by atoms with Crippen LogP contribution in [0.5, 0.6) is 0 Å². The summed E-state index contributed by atoms with van der Waals surface area (Å²) >= 11 is 0. The Morgan fingerprint density at radius 3 is 2.74 bits per heavy atom. The summed E-state index contributed by atoms with van der Waals surface area (Å²) in [4.78, 5) is 13.7. The lowest BCUT2D eigenvalue weighted by Crippen LogP contribution is -2.33. The Hall–Kier alpha value is -1.80. The standard InChI is InChI=1S/C14H16F2N2O/c1-3-18(8-10(2)7-17)9-14(19)12-6-11(15)4-5-13(12)16/h4-6,10H,3,8-9H2,1-2H3. The fraction of sp³-hybridized carbons (Fsp3) is 0.429. The van der Waals surface area contributed by atoms with Gasteiger partial charge in [-0.25, -0.2) is 8.78 Å². The Kier molecular flexibility index (Phi) is 5.58. The van der Waals surface area contributed by atoms with Crippen LogP contribution in [-0.4, -0.2) is 30.3 Å². The molecule has 0 heterocycles. The zero-order valence-corrected chi connectivity index (χ0v) is 11.0. The van der Waals surface area contributed by atoms with Gasteiger partial charge in [0.2, 0.25) is 0 Å². The second kappa shape index (κ2) is 6.95. The zero-order valence-electron chi connectivity index (χ0n) is 11.0. The molecule has 0 spiro atoms. The number of likely N-dealkylation sites (N-methyl/N-ethyl adjacent to an activating group) is 1. The molecule has 0 aliphatic heterocycles. The van der Waals surface area contributed by atoms with Gasteiger partial charge in [-0.05, 0) is 31.7 Å². The average Bonchev–Trinajstić information content (AvgIpc) is 2.40. The van der Waals surface area contributed by atoms with E-state index in [2.05, 4.69) is 6.07 Å². The molecule has 102 valence electrons. The van der Waals surface area contributed by atoms with Crippen LogP contribution in [0.4, 0.5) is 8.78 Å². The maximum absolute atomic E-state index is 13.4. The summed E-state index contributed by atoms with van der Waals surface area (Å²) in [5, 5.41) is 8.74. The predicted octanol–water partition coefficient (Wildman–Crippen LogP) is 2.63. The molecule has 1 rings (SSSR count). The number of Topliss-reactive ketones (excluding diaryl/α,β-unsaturated/α-hetero) is 1. The molecule has 19 heavy (non-hydrogen) atoms. The van der Waals surface area contributed by atoms with Gasteiger partial charge < -0.3 is 0 Å². The highest BCUT2D eigenvalue weighted by Gasteiger charge is 2.17. The van der Waals surface area contributed by atoms with Gasteiger partial charge in [0.05, 0.1) is 24.1 Å². The minimum Gasteiger partial charge on any atom is -0.295 e. The van der Waals surface area contributed by atoms with E-state index in [0.717, 1.165) is 18.2 Å². The summed E-state index contributed by atoms with van der Waals surface area (Å²) in [7, 11) is 0. The van der Waals surface area contributed by atoms with Gasteiger partial charge in [-0.1, -0.05) is 6.92 Å². The molecule has 1 atom stereocenters. The summed E-state index contributed by atoms with van der Waals surface area (Å²) in [6, 6.07) is 4.89. The fourth-order valence-electron chi connectivity index (χ4n) is 1.73. The summed E-state index contributed by atoms with van der Waals surface area (Å²) in [5.41, 5.74) is -0.247. The van der Waals surface area contributed by atoms with Crippen molar-refractivity contribution in [2.75, 3.05) is 19.6 Å². The molecule has 0 amide bonds. The van der Waals surface area contributed by atoms with Crippen molar-refractivity contribution in [1.82, 2.24) is 4.90 Å². The Morgan fingerprint density at radius 1 is 1.47 bits per heavy atom. The normalized spacial score (nSPS) is 12.2. The van der Waals surface area contributed by atoms with Gasteiger partial charge in [-0.3, -0.25) is 9.69 Å². The lowest BCUT2D eigenvalue weighted by atomic mass is 10.1. The molecular weight excluding hydrogens is 250 g/mol. The molecule has 0 N–H and O–H groups in total. The number of hydrogen-bond acceptors (Lipinski definition) is 3. The third-order valence-electron chi connectivity index (χ3n) is 2.80. The highest BCUT2D eigenvalue weighted by molar-refractivity contribution is 5.97. The van der Waals surface area contributed by atoms with E-state index in [0.29, 0.717) is 13.1 Å². The molecule has 0 saturated carbocycles. The van der Waals surface area contributed by atoms with Gasteiger partial charge in [-0.15, -0.1) is 0 Å². The molecule has 0 bridgehead atoms. The van der Waals surface area contributed by atoms with E-state index in [1.165, 1.54) is 0 Å². The molecule has 0 fully saturated rings. The Bertz CT molecular complexity index is 497. The first-order valence-electron chi connectivity index (χ1n) is 6.08. The number of carbonyl (C=O) groups excluding carboxylic acids is 1. The van der Waals surface area contributed by atoms with Crippen molar-refractivity contribution in [3.8, 4) is 6.07 Å². The van der Waals surface area contributed by atoms with Crippen LogP contribution >= 0.6 is 0 Å². The SMILES string of the molecule is CCN(CC(=O)c1cc(F)ccc1F)CC(C)C#N. The van der Waals surface area contributed by atoms with E-state index >= 15 is 0 Å². The van der Waals surface area contributed by atoms with Crippen molar-refractivity contribution in [3.63, 3.8) is 0 Å². The fourth-order valence-corrected chi connectivity index (χ4v) is 1.73. The van der Waals surface area contributed by atoms with Gasteiger partial charge in [0.25, 0.3) is 0 Å². The minimum atomic E-state index is -0.726. The largest absolute Gasteiger partial charge is 0.295 e. The van der Waals surface area contributed by atoms with Crippen LogP contribution in [0.2, 0.25) is 0 Å². The second-order valence-electron chi connectivity index (χ2n) is 4.41. The van der Waals surface area contributed by atoms with Gasteiger partial charge >= 0.3 is 0 Å². The van der Waals surface area contributed by atoms with E-state index in [1.54, 1.807) is 11.8 Å². The van der Waals surface area contributed by atoms with Crippen LogP contribution in [0.3, 0.4) is 0 Å². The summed E-state index contributed by atoms with van der Waals surface area (Å²) in [6.07, 6.45) is 0. The molecule has 1 unspecified atom stereocenters. The van der Waals surface area contributed by atoms with E-state index in [4.69, 9.17) is 5.26 Å². The smallest absolute Gasteiger partial charge is 0.179 e.